The minimum Gasteiger partial charge on any atom is -0.476 e. The molecule has 2 rings (SSSR count). The molecule has 0 spiro atoms. The summed E-state index contributed by atoms with van der Waals surface area (Å²) < 4.78 is 1.47. The summed E-state index contributed by atoms with van der Waals surface area (Å²) in [4.78, 5) is 10.8. The second-order valence-corrected chi connectivity index (χ2v) is 4.57. The molecule has 1 aromatic heterocycles. The molecule has 18 heavy (non-hydrogen) atoms. The van der Waals surface area contributed by atoms with Gasteiger partial charge in [0.15, 0.2) is 5.69 Å². The van der Waals surface area contributed by atoms with Crippen molar-refractivity contribution in [2.24, 2.45) is 0 Å². The predicted octanol–water partition coefficient (Wildman–Crippen LogP) is 2.64. The third kappa shape index (κ3) is 2.47. The molecular weight excluding hydrogens is 277 g/mol. The maximum atomic E-state index is 10.8. The van der Waals surface area contributed by atoms with Gasteiger partial charge in [-0.15, -0.1) is 5.10 Å². The van der Waals surface area contributed by atoms with E-state index in [1.54, 1.807) is 25.1 Å². The highest BCUT2D eigenvalue weighted by atomic mass is 35.5. The molecule has 94 valence electrons. The standard InChI is InChI=1S/C11H9Cl2N3O2/c1-6-10(11(17)18)14-15-16(6)5-7-4-8(12)2-3-9(7)13/h2-4H,5H2,1H3,(H,17,18). The fourth-order valence-corrected chi connectivity index (χ4v) is 1.91. The molecule has 0 atom stereocenters. The lowest BCUT2D eigenvalue weighted by Crippen LogP contribution is -2.06. The van der Waals surface area contributed by atoms with Crippen LogP contribution in [0.15, 0.2) is 18.2 Å². The van der Waals surface area contributed by atoms with Crippen LogP contribution in [0.2, 0.25) is 10.0 Å². The van der Waals surface area contributed by atoms with E-state index in [1.165, 1.54) is 4.68 Å². The highest BCUT2D eigenvalue weighted by Gasteiger charge is 2.15. The number of carbonyl (C=O) groups is 1. The zero-order chi connectivity index (χ0) is 13.3. The number of benzene rings is 1. The van der Waals surface area contributed by atoms with Crippen molar-refractivity contribution in [2.45, 2.75) is 13.5 Å². The van der Waals surface area contributed by atoms with E-state index in [0.717, 1.165) is 5.56 Å². The second-order valence-electron chi connectivity index (χ2n) is 3.72. The Bertz CT molecular complexity index is 610. The van der Waals surface area contributed by atoms with Gasteiger partial charge in [0, 0.05) is 10.0 Å². The number of aromatic carboxylic acids is 1. The van der Waals surface area contributed by atoms with Crippen LogP contribution in [0.4, 0.5) is 0 Å². The van der Waals surface area contributed by atoms with Crippen LogP contribution in [0.25, 0.3) is 0 Å². The molecule has 1 heterocycles. The molecule has 7 heteroatoms. The normalized spacial score (nSPS) is 10.6. The molecule has 0 saturated carbocycles. The van der Waals surface area contributed by atoms with Crippen molar-refractivity contribution in [2.75, 3.05) is 0 Å². The Balaban J connectivity index is 2.34. The maximum Gasteiger partial charge on any atom is 0.358 e. The smallest absolute Gasteiger partial charge is 0.358 e. The van der Waals surface area contributed by atoms with E-state index >= 15 is 0 Å². The largest absolute Gasteiger partial charge is 0.476 e. The molecule has 0 radical (unpaired) electrons. The molecule has 0 aliphatic heterocycles. The number of carboxylic acid groups (broad SMARTS) is 1. The lowest BCUT2D eigenvalue weighted by molar-refractivity contribution is 0.0689. The van der Waals surface area contributed by atoms with Gasteiger partial charge in [-0.05, 0) is 30.7 Å². The Morgan fingerprint density at radius 1 is 1.44 bits per heavy atom. The van der Waals surface area contributed by atoms with Crippen molar-refractivity contribution < 1.29 is 9.90 Å². The summed E-state index contributed by atoms with van der Waals surface area (Å²) in [5.74, 6) is -1.10. The number of hydrogen-bond donors (Lipinski definition) is 1. The first-order valence-electron chi connectivity index (χ1n) is 5.06. The second kappa shape index (κ2) is 4.96. The minimum absolute atomic E-state index is 0.0619. The van der Waals surface area contributed by atoms with Crippen LogP contribution in [-0.2, 0) is 6.54 Å². The van der Waals surface area contributed by atoms with Gasteiger partial charge in [-0.25, -0.2) is 9.48 Å². The Kier molecular flexibility index (Phi) is 3.54. The van der Waals surface area contributed by atoms with Crippen molar-refractivity contribution in [1.82, 2.24) is 15.0 Å². The SMILES string of the molecule is Cc1c(C(=O)O)nnn1Cc1cc(Cl)ccc1Cl. The third-order valence-corrected chi connectivity index (χ3v) is 3.12. The molecule has 5 nitrogen and oxygen atoms in total. The molecule has 2 aromatic rings. The van der Waals surface area contributed by atoms with Crippen LogP contribution in [0.3, 0.4) is 0 Å². The molecule has 0 saturated heterocycles. The summed E-state index contributed by atoms with van der Waals surface area (Å²) in [6.07, 6.45) is 0. The van der Waals surface area contributed by atoms with E-state index in [-0.39, 0.29) is 5.69 Å². The van der Waals surface area contributed by atoms with Crippen molar-refractivity contribution >= 4 is 29.2 Å². The number of hydrogen-bond acceptors (Lipinski definition) is 3. The average Bonchev–Trinajstić information content (AvgIpc) is 2.66. The number of halogens is 2. The van der Waals surface area contributed by atoms with Gasteiger partial charge < -0.3 is 5.11 Å². The van der Waals surface area contributed by atoms with Gasteiger partial charge in [-0.3, -0.25) is 0 Å². The minimum atomic E-state index is -1.10. The summed E-state index contributed by atoms with van der Waals surface area (Å²) in [7, 11) is 0. The fourth-order valence-electron chi connectivity index (χ4n) is 1.53. The van der Waals surface area contributed by atoms with Crippen LogP contribution in [-0.4, -0.2) is 26.1 Å². The first-order valence-corrected chi connectivity index (χ1v) is 5.82. The maximum absolute atomic E-state index is 10.8. The van der Waals surface area contributed by atoms with Gasteiger partial charge in [-0.2, -0.15) is 0 Å². The zero-order valence-corrected chi connectivity index (χ0v) is 10.9. The van der Waals surface area contributed by atoms with Crippen LogP contribution >= 0.6 is 23.2 Å². The quantitative estimate of drug-likeness (QED) is 0.941. The van der Waals surface area contributed by atoms with Crippen molar-refractivity contribution in [1.29, 1.82) is 0 Å². The van der Waals surface area contributed by atoms with Crippen molar-refractivity contribution in [3.8, 4) is 0 Å². The van der Waals surface area contributed by atoms with Crippen LogP contribution < -0.4 is 0 Å². The summed E-state index contributed by atoms with van der Waals surface area (Å²) in [6.45, 7) is 1.97. The third-order valence-electron chi connectivity index (χ3n) is 2.51. The molecule has 0 amide bonds. The van der Waals surface area contributed by atoms with E-state index in [2.05, 4.69) is 10.3 Å². The van der Waals surface area contributed by atoms with Crippen LogP contribution in [0, 0.1) is 6.92 Å². The Labute approximate surface area is 113 Å². The van der Waals surface area contributed by atoms with E-state index in [1.807, 2.05) is 0 Å². The summed E-state index contributed by atoms with van der Waals surface area (Å²) in [6, 6.07) is 5.08. The Morgan fingerprint density at radius 2 is 2.17 bits per heavy atom. The monoisotopic (exact) mass is 285 g/mol. The molecule has 0 fully saturated rings. The van der Waals surface area contributed by atoms with Crippen LogP contribution in [0.5, 0.6) is 0 Å². The molecule has 0 aliphatic carbocycles. The highest BCUT2D eigenvalue weighted by Crippen LogP contribution is 2.21. The van der Waals surface area contributed by atoms with Crippen LogP contribution in [0.1, 0.15) is 21.7 Å². The number of carboxylic acids is 1. The predicted molar refractivity (Wildman–Crippen MR) is 67.3 cm³/mol. The summed E-state index contributed by atoms with van der Waals surface area (Å²) >= 11 is 11.9. The van der Waals surface area contributed by atoms with Gasteiger partial charge >= 0.3 is 5.97 Å². The Hall–Kier alpha value is -1.59. The van der Waals surface area contributed by atoms with Gasteiger partial charge in [-0.1, -0.05) is 28.4 Å². The molecule has 0 aliphatic rings. The van der Waals surface area contributed by atoms with E-state index in [4.69, 9.17) is 28.3 Å². The highest BCUT2D eigenvalue weighted by molar-refractivity contribution is 6.33. The van der Waals surface area contributed by atoms with E-state index in [9.17, 15) is 4.79 Å². The molecule has 0 unspecified atom stereocenters. The zero-order valence-electron chi connectivity index (χ0n) is 9.39. The topological polar surface area (TPSA) is 68.0 Å². The number of rotatable bonds is 3. The van der Waals surface area contributed by atoms with Crippen molar-refractivity contribution in [3.63, 3.8) is 0 Å². The van der Waals surface area contributed by atoms with Crippen molar-refractivity contribution in [3.05, 3.63) is 45.2 Å². The number of aromatic nitrogens is 3. The Morgan fingerprint density at radius 3 is 2.78 bits per heavy atom. The molecular formula is C11H9Cl2N3O2. The lowest BCUT2D eigenvalue weighted by atomic mass is 10.2. The molecule has 1 aromatic carbocycles. The lowest BCUT2D eigenvalue weighted by Gasteiger charge is -2.06. The van der Waals surface area contributed by atoms with E-state index < -0.39 is 5.97 Å². The van der Waals surface area contributed by atoms with Gasteiger partial charge in [0.2, 0.25) is 0 Å². The van der Waals surface area contributed by atoms with E-state index in [0.29, 0.717) is 22.3 Å². The average molecular weight is 286 g/mol. The first kappa shape index (κ1) is 12.9. The first-order chi connectivity index (χ1) is 8.49. The van der Waals surface area contributed by atoms with Gasteiger partial charge in [0.1, 0.15) is 0 Å². The van der Waals surface area contributed by atoms with Gasteiger partial charge in [0.25, 0.3) is 0 Å². The fraction of sp³-hybridized carbons (Fsp3) is 0.182. The van der Waals surface area contributed by atoms with Gasteiger partial charge in [0.05, 0.1) is 12.2 Å². The summed E-state index contributed by atoms with van der Waals surface area (Å²) in [5, 5.41) is 17.4. The molecule has 0 bridgehead atoms. The summed E-state index contributed by atoms with van der Waals surface area (Å²) in [5.41, 5.74) is 1.17. The number of nitrogens with zero attached hydrogens (tertiary/aromatic N) is 3. The molecule has 1 N–H and O–H groups in total.